The van der Waals surface area contributed by atoms with Gasteiger partial charge >= 0.3 is 6.03 Å². The summed E-state index contributed by atoms with van der Waals surface area (Å²) in [5.74, 6) is 0. The molecule has 0 atom stereocenters. The number of unbranched alkanes of at least 4 members (excludes halogenated alkanes) is 1. The number of hydrogen-bond acceptors (Lipinski definition) is 3. The third-order valence-corrected chi connectivity index (χ3v) is 3.53. The largest absolute Gasteiger partial charge is 0.338 e. The fourth-order valence-corrected chi connectivity index (χ4v) is 2.09. The molecule has 1 aliphatic rings. The van der Waals surface area contributed by atoms with Gasteiger partial charge in [-0.05, 0) is 26.3 Å². The number of nitrogens with one attached hydrogen (secondary N) is 2. The van der Waals surface area contributed by atoms with E-state index in [1.165, 1.54) is 0 Å². The minimum atomic E-state index is -0.206. The van der Waals surface area contributed by atoms with Gasteiger partial charge in [-0.1, -0.05) is 13.3 Å². The van der Waals surface area contributed by atoms with Gasteiger partial charge in [0.2, 0.25) is 0 Å². The molecule has 5 heteroatoms. The molecule has 5 nitrogen and oxygen atoms in total. The summed E-state index contributed by atoms with van der Waals surface area (Å²) in [5.41, 5.74) is 5.62. The predicted octanol–water partition coefficient (Wildman–Crippen LogP) is 0.509. The van der Waals surface area contributed by atoms with E-state index in [1.807, 2.05) is 0 Å². The van der Waals surface area contributed by atoms with Crippen LogP contribution in [0.4, 0.5) is 4.79 Å². The maximum Gasteiger partial charge on any atom is 0.315 e. The van der Waals surface area contributed by atoms with Crippen molar-refractivity contribution in [1.29, 1.82) is 0 Å². The summed E-state index contributed by atoms with van der Waals surface area (Å²) < 4.78 is 0. The number of carbonyl (C=O) groups excluding carboxylic acids is 1. The summed E-state index contributed by atoms with van der Waals surface area (Å²) in [6, 6.07) is -0.0755. The number of piperidine rings is 1. The zero-order valence-electron chi connectivity index (χ0n) is 11.1. The number of hydrogen-bond donors (Lipinski definition) is 3. The van der Waals surface area contributed by atoms with E-state index in [-0.39, 0.29) is 11.6 Å². The molecule has 0 unspecified atom stereocenters. The fraction of sp³-hybridized carbons (Fsp3) is 0.917. The molecule has 0 spiro atoms. The van der Waals surface area contributed by atoms with Crippen LogP contribution in [0.3, 0.4) is 0 Å². The van der Waals surface area contributed by atoms with Crippen LogP contribution >= 0.6 is 0 Å². The Kier molecular flexibility index (Phi) is 5.71. The lowest BCUT2D eigenvalue weighted by atomic mass is 9.88. The molecule has 0 aromatic carbocycles. The van der Waals surface area contributed by atoms with Crippen molar-refractivity contribution in [1.82, 2.24) is 15.5 Å². The van der Waals surface area contributed by atoms with Gasteiger partial charge in [0.15, 0.2) is 0 Å². The van der Waals surface area contributed by atoms with E-state index >= 15 is 0 Å². The first-order valence-electron chi connectivity index (χ1n) is 6.56. The van der Waals surface area contributed by atoms with Gasteiger partial charge in [-0.3, -0.25) is 0 Å². The summed E-state index contributed by atoms with van der Waals surface area (Å²) in [7, 11) is 2.10. The van der Waals surface area contributed by atoms with Gasteiger partial charge in [0.25, 0.3) is 0 Å². The lowest BCUT2D eigenvalue weighted by molar-refractivity contribution is 0.161. The van der Waals surface area contributed by atoms with Crippen LogP contribution in [0.1, 0.15) is 32.6 Å². The fourth-order valence-electron chi connectivity index (χ4n) is 2.09. The first-order valence-corrected chi connectivity index (χ1v) is 6.56. The van der Waals surface area contributed by atoms with Gasteiger partial charge in [0, 0.05) is 26.2 Å². The quantitative estimate of drug-likeness (QED) is 0.615. The molecule has 0 radical (unpaired) electrons. The molecule has 0 aliphatic carbocycles. The zero-order chi connectivity index (χ0) is 12.7. The Morgan fingerprint density at radius 2 is 2.06 bits per heavy atom. The second kappa shape index (κ2) is 6.81. The van der Waals surface area contributed by atoms with Gasteiger partial charge < -0.3 is 21.3 Å². The van der Waals surface area contributed by atoms with Gasteiger partial charge in [0.05, 0.1) is 5.54 Å². The Hall–Kier alpha value is -0.810. The van der Waals surface area contributed by atoms with Crippen LogP contribution in [0.5, 0.6) is 0 Å². The van der Waals surface area contributed by atoms with E-state index in [2.05, 4.69) is 29.5 Å². The molecule has 4 N–H and O–H groups in total. The van der Waals surface area contributed by atoms with Crippen molar-refractivity contribution in [2.24, 2.45) is 5.73 Å². The normalized spacial score (nSPS) is 19.9. The molecule has 1 saturated heterocycles. The Morgan fingerprint density at radius 3 is 2.59 bits per heavy atom. The highest BCUT2D eigenvalue weighted by molar-refractivity contribution is 5.74. The van der Waals surface area contributed by atoms with Crippen molar-refractivity contribution >= 4 is 6.03 Å². The van der Waals surface area contributed by atoms with E-state index in [1.54, 1.807) is 0 Å². The van der Waals surface area contributed by atoms with Crippen LogP contribution in [0.15, 0.2) is 0 Å². The van der Waals surface area contributed by atoms with Crippen molar-refractivity contribution in [2.45, 2.75) is 38.1 Å². The average Bonchev–Trinajstić information content (AvgIpc) is 2.33. The number of rotatable bonds is 5. The molecule has 2 amide bonds. The minimum Gasteiger partial charge on any atom is -0.338 e. The summed E-state index contributed by atoms with van der Waals surface area (Å²) in [4.78, 5) is 14.0. The summed E-state index contributed by atoms with van der Waals surface area (Å²) >= 11 is 0. The second-order valence-corrected chi connectivity index (χ2v) is 5.02. The molecule has 0 saturated carbocycles. The average molecular weight is 242 g/mol. The second-order valence-electron chi connectivity index (χ2n) is 5.02. The summed E-state index contributed by atoms with van der Waals surface area (Å²) in [5, 5.41) is 5.94. The Bertz CT molecular complexity index is 237. The standard InChI is InChI=1S/C12H26N4O/c1-3-4-7-14-11(17)15-12(10-13)5-8-16(2)9-6-12/h3-10,13H2,1-2H3,(H2,14,15,17). The molecule has 0 bridgehead atoms. The third kappa shape index (κ3) is 4.52. The van der Waals surface area contributed by atoms with Crippen molar-refractivity contribution in [3.05, 3.63) is 0 Å². The minimum absolute atomic E-state index is 0.0755. The topological polar surface area (TPSA) is 70.4 Å². The van der Waals surface area contributed by atoms with E-state index in [0.717, 1.165) is 45.3 Å². The van der Waals surface area contributed by atoms with Crippen LogP contribution in [0, 0.1) is 0 Å². The van der Waals surface area contributed by atoms with Gasteiger partial charge in [-0.25, -0.2) is 4.79 Å². The summed E-state index contributed by atoms with van der Waals surface area (Å²) in [6.45, 7) is 5.35. The first kappa shape index (κ1) is 14.3. The van der Waals surface area contributed by atoms with Crippen molar-refractivity contribution in [2.75, 3.05) is 33.2 Å². The summed E-state index contributed by atoms with van der Waals surface area (Å²) in [6.07, 6.45) is 3.97. The maximum atomic E-state index is 11.7. The highest BCUT2D eigenvalue weighted by atomic mass is 16.2. The van der Waals surface area contributed by atoms with E-state index < -0.39 is 0 Å². The monoisotopic (exact) mass is 242 g/mol. The van der Waals surface area contributed by atoms with E-state index in [9.17, 15) is 4.79 Å². The SMILES string of the molecule is CCCCNC(=O)NC1(CN)CCN(C)CC1. The lowest BCUT2D eigenvalue weighted by Crippen LogP contribution is -2.60. The van der Waals surface area contributed by atoms with E-state index in [0.29, 0.717) is 6.54 Å². The molecular formula is C12H26N4O. The van der Waals surface area contributed by atoms with Crippen LogP contribution in [-0.4, -0.2) is 49.7 Å². The van der Waals surface area contributed by atoms with Crippen LogP contribution in [0.2, 0.25) is 0 Å². The third-order valence-electron chi connectivity index (χ3n) is 3.53. The Morgan fingerprint density at radius 1 is 1.41 bits per heavy atom. The van der Waals surface area contributed by atoms with Gasteiger partial charge in [0.1, 0.15) is 0 Å². The molecule has 0 aromatic rings. The maximum absolute atomic E-state index is 11.7. The van der Waals surface area contributed by atoms with Crippen molar-refractivity contribution < 1.29 is 4.79 Å². The number of carbonyl (C=O) groups is 1. The van der Waals surface area contributed by atoms with Crippen LogP contribution in [-0.2, 0) is 0 Å². The Labute approximate surface area is 104 Å². The smallest absolute Gasteiger partial charge is 0.315 e. The number of nitrogens with two attached hydrogens (primary N) is 1. The van der Waals surface area contributed by atoms with E-state index in [4.69, 9.17) is 5.73 Å². The molecule has 1 heterocycles. The number of likely N-dealkylation sites (tertiary alicyclic amines) is 1. The predicted molar refractivity (Wildman–Crippen MR) is 70.0 cm³/mol. The molecule has 1 rings (SSSR count). The van der Waals surface area contributed by atoms with Crippen molar-refractivity contribution in [3.8, 4) is 0 Å². The number of amides is 2. The zero-order valence-corrected chi connectivity index (χ0v) is 11.1. The first-order chi connectivity index (χ1) is 8.12. The molecule has 0 aromatic heterocycles. The van der Waals surface area contributed by atoms with Crippen LogP contribution < -0.4 is 16.4 Å². The molecule has 1 aliphatic heterocycles. The van der Waals surface area contributed by atoms with Crippen molar-refractivity contribution in [3.63, 3.8) is 0 Å². The van der Waals surface area contributed by atoms with Gasteiger partial charge in [-0.15, -0.1) is 0 Å². The molecule has 100 valence electrons. The number of nitrogens with zero attached hydrogens (tertiary/aromatic N) is 1. The number of urea groups is 1. The highest BCUT2D eigenvalue weighted by Crippen LogP contribution is 2.20. The van der Waals surface area contributed by atoms with Crippen LogP contribution in [0.25, 0.3) is 0 Å². The molecule has 1 fully saturated rings. The molecule has 17 heavy (non-hydrogen) atoms. The highest BCUT2D eigenvalue weighted by Gasteiger charge is 2.33. The Balaban J connectivity index is 2.37. The lowest BCUT2D eigenvalue weighted by Gasteiger charge is -2.40. The molecular weight excluding hydrogens is 216 g/mol. The van der Waals surface area contributed by atoms with Gasteiger partial charge in [-0.2, -0.15) is 0 Å².